The molecule has 1 aliphatic heterocycles. The molecular weight excluding hydrogens is 330 g/mol. The number of hydrogen-bond acceptors (Lipinski definition) is 1. The summed E-state index contributed by atoms with van der Waals surface area (Å²) in [6.07, 6.45) is 13.7. The Kier molecular flexibility index (Phi) is 7.03. The van der Waals surface area contributed by atoms with Gasteiger partial charge in [-0.2, -0.15) is 0 Å². The largest absolute Gasteiger partial charge is 0.385 e. The van der Waals surface area contributed by atoms with Crippen LogP contribution in [0.2, 0.25) is 0 Å². The third-order valence-corrected chi connectivity index (χ3v) is 7.84. The maximum atomic E-state index is 11.9. The zero-order valence-electron chi connectivity index (χ0n) is 17.9. The maximum Gasteiger partial charge on any atom is 0.0949 e. The van der Waals surface area contributed by atoms with Gasteiger partial charge in [-0.3, -0.25) is 0 Å². The van der Waals surface area contributed by atoms with Crippen molar-refractivity contribution in [2.24, 2.45) is 5.41 Å². The van der Waals surface area contributed by atoms with Crippen LogP contribution < -0.4 is 0 Å². The van der Waals surface area contributed by atoms with Crippen LogP contribution in [0, 0.1) is 5.41 Å². The Morgan fingerprint density at radius 1 is 0.926 bits per heavy atom. The second-order valence-corrected chi connectivity index (χ2v) is 9.75. The van der Waals surface area contributed by atoms with Crippen LogP contribution in [0.1, 0.15) is 90.0 Å². The molecule has 0 aromatic heterocycles. The number of rotatable bonds is 9. The Balaban J connectivity index is 1.65. The minimum Gasteiger partial charge on any atom is -0.385 e. The van der Waals surface area contributed by atoms with E-state index in [1.165, 1.54) is 75.6 Å². The molecule has 1 aliphatic carbocycles. The first-order valence-corrected chi connectivity index (χ1v) is 11.7. The molecule has 0 bridgehead atoms. The molecule has 0 spiro atoms. The van der Waals surface area contributed by atoms with E-state index in [-0.39, 0.29) is 5.41 Å². The fourth-order valence-electron chi connectivity index (χ4n) is 6.12. The highest BCUT2D eigenvalue weighted by molar-refractivity contribution is 5.25. The van der Waals surface area contributed by atoms with Crippen molar-refractivity contribution in [3.05, 3.63) is 35.9 Å². The molecule has 1 saturated heterocycles. The normalized spacial score (nSPS) is 23.8. The predicted octanol–water partition coefficient (Wildman–Crippen LogP) is 6.04. The lowest BCUT2D eigenvalue weighted by atomic mass is 9.66. The van der Waals surface area contributed by atoms with Gasteiger partial charge in [-0.15, -0.1) is 0 Å². The van der Waals surface area contributed by atoms with Crippen LogP contribution in [-0.2, 0) is 5.60 Å². The van der Waals surface area contributed by atoms with Crippen molar-refractivity contribution in [1.82, 2.24) is 0 Å². The molecule has 27 heavy (non-hydrogen) atoms. The lowest BCUT2D eigenvalue weighted by Gasteiger charge is -2.44. The van der Waals surface area contributed by atoms with Gasteiger partial charge in [-0.25, -0.2) is 0 Å². The summed E-state index contributed by atoms with van der Waals surface area (Å²) in [6.45, 7) is 10.1. The lowest BCUT2D eigenvalue weighted by molar-refractivity contribution is -0.932. The molecule has 2 heteroatoms. The minimum absolute atomic E-state index is 0.0369. The van der Waals surface area contributed by atoms with Gasteiger partial charge in [0.25, 0.3) is 0 Å². The average Bonchev–Trinajstić information content (AvgIpc) is 3.15. The molecule has 1 N–H and O–H groups in total. The van der Waals surface area contributed by atoms with Crippen molar-refractivity contribution in [1.29, 1.82) is 0 Å². The van der Waals surface area contributed by atoms with E-state index in [1.54, 1.807) is 0 Å². The SMILES string of the molecule is CCC[N+]1(CCCC[C@](O)(c2ccccc2)C2(C)CCCC2)CCCCC1. The summed E-state index contributed by atoms with van der Waals surface area (Å²) >= 11 is 0. The summed E-state index contributed by atoms with van der Waals surface area (Å²) < 4.78 is 1.34. The third-order valence-electron chi connectivity index (χ3n) is 7.84. The van der Waals surface area contributed by atoms with Gasteiger partial charge in [0.05, 0.1) is 31.8 Å². The molecule has 0 unspecified atom stereocenters. The van der Waals surface area contributed by atoms with E-state index >= 15 is 0 Å². The van der Waals surface area contributed by atoms with Crippen LogP contribution in [0.15, 0.2) is 30.3 Å². The Hall–Kier alpha value is -0.860. The van der Waals surface area contributed by atoms with E-state index in [1.807, 2.05) is 0 Å². The highest BCUT2D eigenvalue weighted by atomic mass is 16.3. The standard InChI is InChI=1S/C25H42NO/c1-3-19-26(20-11-5-12-21-26)22-13-10-18-25(27,23-14-6-4-7-15-23)24(2)16-8-9-17-24/h4,6-7,14-15,27H,3,5,8-13,16-22H2,1-2H3/q+1/t25-/m0/s1. The fraction of sp³-hybridized carbons (Fsp3) is 0.760. The topological polar surface area (TPSA) is 20.2 Å². The first-order chi connectivity index (χ1) is 13.0. The van der Waals surface area contributed by atoms with Gasteiger partial charge >= 0.3 is 0 Å². The number of benzene rings is 1. The molecule has 1 atom stereocenters. The molecule has 1 saturated carbocycles. The third kappa shape index (κ3) is 4.59. The summed E-state index contributed by atoms with van der Waals surface area (Å²) in [5.41, 5.74) is 0.516. The number of nitrogens with zero attached hydrogens (tertiary/aromatic N) is 1. The van der Waals surface area contributed by atoms with Gasteiger partial charge in [0.1, 0.15) is 0 Å². The van der Waals surface area contributed by atoms with E-state index in [0.717, 1.165) is 31.2 Å². The van der Waals surface area contributed by atoms with E-state index in [2.05, 4.69) is 44.2 Å². The highest BCUT2D eigenvalue weighted by Gasteiger charge is 2.48. The molecule has 2 fully saturated rings. The summed E-state index contributed by atoms with van der Waals surface area (Å²) in [6, 6.07) is 10.6. The second kappa shape index (κ2) is 9.09. The average molecular weight is 373 g/mol. The molecule has 1 aromatic carbocycles. The summed E-state index contributed by atoms with van der Waals surface area (Å²) in [5.74, 6) is 0. The summed E-state index contributed by atoms with van der Waals surface area (Å²) in [5, 5.41) is 11.9. The molecule has 0 radical (unpaired) electrons. The summed E-state index contributed by atoms with van der Waals surface area (Å²) in [4.78, 5) is 0. The Labute approximate surface area is 167 Å². The smallest absolute Gasteiger partial charge is 0.0949 e. The maximum absolute atomic E-state index is 11.9. The number of likely N-dealkylation sites (tertiary alicyclic amines) is 1. The Bertz CT molecular complexity index is 551. The second-order valence-electron chi connectivity index (χ2n) is 9.75. The van der Waals surface area contributed by atoms with Gasteiger partial charge < -0.3 is 9.59 Å². The number of quaternary nitrogens is 1. The van der Waals surface area contributed by atoms with Crippen LogP contribution in [0.3, 0.4) is 0 Å². The first-order valence-electron chi connectivity index (χ1n) is 11.7. The van der Waals surface area contributed by atoms with Crippen LogP contribution in [-0.4, -0.2) is 35.8 Å². The van der Waals surface area contributed by atoms with E-state index in [9.17, 15) is 5.11 Å². The predicted molar refractivity (Wildman–Crippen MR) is 115 cm³/mol. The Morgan fingerprint density at radius 3 is 2.22 bits per heavy atom. The molecule has 1 heterocycles. The van der Waals surface area contributed by atoms with E-state index < -0.39 is 5.60 Å². The lowest BCUT2D eigenvalue weighted by Crippen LogP contribution is -2.52. The molecule has 3 rings (SSSR count). The van der Waals surface area contributed by atoms with Crippen molar-refractivity contribution in [2.45, 2.75) is 90.1 Å². The van der Waals surface area contributed by atoms with Gasteiger partial charge in [-0.1, -0.05) is 57.0 Å². The number of unbranched alkanes of at least 4 members (excludes halogenated alkanes) is 1. The van der Waals surface area contributed by atoms with Gasteiger partial charge in [0.15, 0.2) is 0 Å². The van der Waals surface area contributed by atoms with Crippen LogP contribution >= 0.6 is 0 Å². The van der Waals surface area contributed by atoms with Crippen LogP contribution in [0.5, 0.6) is 0 Å². The van der Waals surface area contributed by atoms with Crippen molar-refractivity contribution in [2.75, 3.05) is 26.2 Å². The van der Waals surface area contributed by atoms with Crippen molar-refractivity contribution in [3.8, 4) is 0 Å². The molecule has 0 amide bonds. The van der Waals surface area contributed by atoms with E-state index in [0.29, 0.717) is 0 Å². The summed E-state index contributed by atoms with van der Waals surface area (Å²) in [7, 11) is 0. The first kappa shape index (κ1) is 20.9. The zero-order valence-corrected chi connectivity index (χ0v) is 17.9. The minimum atomic E-state index is -0.664. The monoisotopic (exact) mass is 372 g/mol. The van der Waals surface area contributed by atoms with Crippen molar-refractivity contribution < 1.29 is 9.59 Å². The quantitative estimate of drug-likeness (QED) is 0.414. The molecule has 2 aliphatic rings. The zero-order chi connectivity index (χ0) is 19.2. The van der Waals surface area contributed by atoms with Gasteiger partial charge in [-0.05, 0) is 63.4 Å². The fourth-order valence-corrected chi connectivity index (χ4v) is 6.12. The molecule has 1 aromatic rings. The van der Waals surface area contributed by atoms with Crippen LogP contribution in [0.25, 0.3) is 0 Å². The molecular formula is C25H42NO+. The van der Waals surface area contributed by atoms with Crippen LogP contribution in [0.4, 0.5) is 0 Å². The van der Waals surface area contributed by atoms with Crippen molar-refractivity contribution in [3.63, 3.8) is 0 Å². The number of hydrogen-bond donors (Lipinski definition) is 1. The number of aliphatic hydroxyl groups is 1. The molecule has 152 valence electrons. The molecule has 2 nitrogen and oxygen atoms in total. The van der Waals surface area contributed by atoms with Crippen molar-refractivity contribution >= 4 is 0 Å². The number of piperidine rings is 1. The van der Waals surface area contributed by atoms with Gasteiger partial charge in [0, 0.05) is 5.41 Å². The van der Waals surface area contributed by atoms with Gasteiger partial charge in [0.2, 0.25) is 0 Å². The Morgan fingerprint density at radius 2 is 1.59 bits per heavy atom. The van der Waals surface area contributed by atoms with E-state index in [4.69, 9.17) is 0 Å². The highest BCUT2D eigenvalue weighted by Crippen LogP contribution is 2.53.